The first kappa shape index (κ1) is 16.9. The van der Waals surface area contributed by atoms with Gasteiger partial charge in [0.15, 0.2) is 17.3 Å². The number of anilines is 3. The lowest BCUT2D eigenvalue weighted by molar-refractivity contribution is 0.174. The van der Waals surface area contributed by atoms with E-state index in [9.17, 15) is 0 Å². The maximum atomic E-state index is 5.40. The molecule has 3 aromatic rings. The van der Waals surface area contributed by atoms with Gasteiger partial charge < -0.3 is 24.8 Å². The van der Waals surface area contributed by atoms with Gasteiger partial charge in [-0.3, -0.25) is 0 Å². The Hall–Kier alpha value is -3.55. The molecule has 0 unspecified atom stereocenters. The smallest absolute Gasteiger partial charge is 0.249 e. The maximum Gasteiger partial charge on any atom is 0.249 e. The zero-order chi connectivity index (χ0) is 18.6. The number of rotatable bonds is 6. The van der Waals surface area contributed by atoms with Crippen LogP contribution in [0.3, 0.4) is 0 Å². The molecule has 27 heavy (non-hydrogen) atoms. The molecule has 8 heteroatoms. The number of hydrogen-bond acceptors (Lipinski definition) is 8. The second kappa shape index (κ2) is 7.36. The van der Waals surface area contributed by atoms with Crippen LogP contribution in [0.5, 0.6) is 17.2 Å². The summed E-state index contributed by atoms with van der Waals surface area (Å²) < 4.78 is 16.1. The molecule has 0 fully saturated rings. The number of benzene rings is 2. The third-order valence-corrected chi connectivity index (χ3v) is 4.07. The average molecular weight is 365 g/mol. The molecule has 138 valence electrons. The summed E-state index contributed by atoms with van der Waals surface area (Å²) in [7, 11) is 1.62. The van der Waals surface area contributed by atoms with Gasteiger partial charge in [-0.05, 0) is 42.3 Å². The normalized spacial score (nSPS) is 11.9. The number of hydrogen-bond donors (Lipinski definition) is 2. The van der Waals surface area contributed by atoms with E-state index in [-0.39, 0.29) is 6.79 Å². The van der Waals surface area contributed by atoms with E-state index < -0.39 is 0 Å². The van der Waals surface area contributed by atoms with Crippen LogP contribution in [0.1, 0.15) is 11.1 Å². The van der Waals surface area contributed by atoms with Gasteiger partial charge in [0.1, 0.15) is 5.75 Å². The Morgan fingerprint density at radius 1 is 1.11 bits per heavy atom. The van der Waals surface area contributed by atoms with Crippen LogP contribution >= 0.6 is 0 Å². The molecule has 2 heterocycles. The van der Waals surface area contributed by atoms with Crippen LogP contribution in [-0.4, -0.2) is 29.1 Å². The number of nitrogens with one attached hydrogen (secondary N) is 2. The second-order valence-corrected chi connectivity index (χ2v) is 6.04. The van der Waals surface area contributed by atoms with Crippen molar-refractivity contribution in [1.82, 2.24) is 15.2 Å². The summed E-state index contributed by atoms with van der Waals surface area (Å²) in [5.74, 6) is 3.22. The van der Waals surface area contributed by atoms with Crippen molar-refractivity contribution in [3.63, 3.8) is 0 Å². The minimum absolute atomic E-state index is 0.263. The molecule has 0 amide bonds. The fourth-order valence-corrected chi connectivity index (χ4v) is 2.73. The summed E-state index contributed by atoms with van der Waals surface area (Å²) in [6, 6.07) is 11.7. The number of ether oxygens (including phenoxy) is 3. The molecule has 0 spiro atoms. The highest BCUT2D eigenvalue weighted by Crippen LogP contribution is 2.32. The SMILES string of the molecule is COc1ccc(C)cc1Nc1nncc(NCc2ccc3c(c2)OCO3)n1. The highest BCUT2D eigenvalue weighted by atomic mass is 16.7. The fourth-order valence-electron chi connectivity index (χ4n) is 2.73. The van der Waals surface area contributed by atoms with Gasteiger partial charge in [0.25, 0.3) is 0 Å². The maximum absolute atomic E-state index is 5.40. The van der Waals surface area contributed by atoms with Crippen LogP contribution in [0, 0.1) is 6.92 Å². The Kier molecular flexibility index (Phi) is 4.61. The Balaban J connectivity index is 1.46. The number of methoxy groups -OCH3 is 1. The predicted octanol–water partition coefficient (Wildman–Crippen LogP) is 3.27. The molecule has 4 rings (SSSR count). The highest BCUT2D eigenvalue weighted by molar-refractivity contribution is 5.64. The van der Waals surface area contributed by atoms with Gasteiger partial charge in [-0.25, -0.2) is 0 Å². The molecule has 0 radical (unpaired) electrons. The number of fused-ring (bicyclic) bond motifs is 1. The number of aryl methyl sites for hydroxylation is 1. The largest absolute Gasteiger partial charge is 0.495 e. The lowest BCUT2D eigenvalue weighted by Crippen LogP contribution is -2.06. The van der Waals surface area contributed by atoms with Crippen LogP contribution in [0.25, 0.3) is 0 Å². The molecule has 0 saturated carbocycles. The van der Waals surface area contributed by atoms with Crippen LogP contribution < -0.4 is 24.8 Å². The number of aromatic nitrogens is 3. The third-order valence-electron chi connectivity index (χ3n) is 4.07. The average Bonchev–Trinajstić information content (AvgIpc) is 3.15. The quantitative estimate of drug-likeness (QED) is 0.688. The van der Waals surface area contributed by atoms with Crippen molar-refractivity contribution in [1.29, 1.82) is 0 Å². The molecular weight excluding hydrogens is 346 g/mol. The number of nitrogens with zero attached hydrogens (tertiary/aromatic N) is 3. The molecule has 2 aromatic carbocycles. The van der Waals surface area contributed by atoms with E-state index in [1.807, 2.05) is 43.3 Å². The molecular formula is C19H19N5O3. The van der Waals surface area contributed by atoms with Gasteiger partial charge in [-0.1, -0.05) is 12.1 Å². The standard InChI is InChI=1S/C19H19N5O3/c1-12-3-5-15(25-2)14(7-12)22-19-23-18(10-21-24-19)20-9-13-4-6-16-17(8-13)27-11-26-16/h3-8,10H,9,11H2,1-2H3,(H2,20,22,23,24). The fraction of sp³-hybridized carbons (Fsp3) is 0.211. The summed E-state index contributed by atoms with van der Waals surface area (Å²) in [4.78, 5) is 4.45. The van der Waals surface area contributed by atoms with Crippen molar-refractivity contribution in [2.24, 2.45) is 0 Å². The van der Waals surface area contributed by atoms with Crippen molar-refractivity contribution in [3.8, 4) is 17.2 Å². The molecule has 0 aliphatic carbocycles. The first-order chi connectivity index (χ1) is 13.2. The highest BCUT2D eigenvalue weighted by Gasteiger charge is 2.13. The molecule has 0 bridgehead atoms. The van der Waals surface area contributed by atoms with Gasteiger partial charge in [0.05, 0.1) is 19.0 Å². The van der Waals surface area contributed by atoms with Crippen molar-refractivity contribution >= 4 is 17.5 Å². The summed E-state index contributed by atoms with van der Waals surface area (Å²) in [5, 5.41) is 14.4. The van der Waals surface area contributed by atoms with E-state index in [1.54, 1.807) is 13.3 Å². The Morgan fingerprint density at radius 3 is 2.89 bits per heavy atom. The van der Waals surface area contributed by atoms with Crippen LogP contribution in [0.4, 0.5) is 17.5 Å². The Labute approximate surface area is 156 Å². The first-order valence-corrected chi connectivity index (χ1v) is 8.45. The van der Waals surface area contributed by atoms with E-state index in [0.29, 0.717) is 24.1 Å². The molecule has 1 aromatic heterocycles. The van der Waals surface area contributed by atoms with Crippen LogP contribution in [-0.2, 0) is 6.54 Å². The van der Waals surface area contributed by atoms with Crippen molar-refractivity contribution in [2.45, 2.75) is 13.5 Å². The monoisotopic (exact) mass is 365 g/mol. The zero-order valence-corrected chi connectivity index (χ0v) is 15.0. The molecule has 0 atom stereocenters. The zero-order valence-electron chi connectivity index (χ0n) is 15.0. The summed E-state index contributed by atoms with van der Waals surface area (Å²) in [6.07, 6.45) is 1.58. The van der Waals surface area contributed by atoms with Crippen LogP contribution in [0.15, 0.2) is 42.6 Å². The van der Waals surface area contributed by atoms with Gasteiger partial charge in [0, 0.05) is 6.54 Å². The van der Waals surface area contributed by atoms with E-state index in [0.717, 1.165) is 28.3 Å². The summed E-state index contributed by atoms with van der Waals surface area (Å²) in [5.41, 5.74) is 2.93. The Bertz CT molecular complexity index is 964. The second-order valence-electron chi connectivity index (χ2n) is 6.04. The van der Waals surface area contributed by atoms with Crippen molar-refractivity contribution < 1.29 is 14.2 Å². The topological polar surface area (TPSA) is 90.4 Å². The van der Waals surface area contributed by atoms with Crippen LogP contribution in [0.2, 0.25) is 0 Å². The molecule has 1 aliphatic rings. The van der Waals surface area contributed by atoms with Gasteiger partial charge >= 0.3 is 0 Å². The molecule has 2 N–H and O–H groups in total. The van der Waals surface area contributed by atoms with E-state index >= 15 is 0 Å². The first-order valence-electron chi connectivity index (χ1n) is 8.45. The van der Waals surface area contributed by atoms with E-state index in [2.05, 4.69) is 25.8 Å². The van der Waals surface area contributed by atoms with Gasteiger partial charge in [-0.2, -0.15) is 10.1 Å². The van der Waals surface area contributed by atoms with Crippen molar-refractivity contribution in [3.05, 3.63) is 53.7 Å². The van der Waals surface area contributed by atoms with Gasteiger partial charge in [-0.15, -0.1) is 5.10 Å². The lowest BCUT2D eigenvalue weighted by Gasteiger charge is -2.11. The summed E-state index contributed by atoms with van der Waals surface area (Å²) >= 11 is 0. The lowest BCUT2D eigenvalue weighted by atomic mass is 10.2. The third kappa shape index (κ3) is 3.84. The molecule has 0 saturated heterocycles. The minimum Gasteiger partial charge on any atom is -0.495 e. The van der Waals surface area contributed by atoms with Gasteiger partial charge in [0.2, 0.25) is 12.7 Å². The predicted molar refractivity (Wildman–Crippen MR) is 101 cm³/mol. The Morgan fingerprint density at radius 2 is 2.00 bits per heavy atom. The summed E-state index contributed by atoms with van der Waals surface area (Å²) in [6.45, 7) is 2.84. The molecule has 1 aliphatic heterocycles. The minimum atomic E-state index is 0.263. The van der Waals surface area contributed by atoms with Crippen molar-refractivity contribution in [2.75, 3.05) is 24.5 Å². The van der Waals surface area contributed by atoms with E-state index in [1.165, 1.54) is 0 Å². The van der Waals surface area contributed by atoms with E-state index in [4.69, 9.17) is 14.2 Å². The molecule has 8 nitrogen and oxygen atoms in total.